The molecule has 0 saturated carbocycles. The van der Waals surface area contributed by atoms with E-state index in [0.717, 1.165) is 23.0 Å². The standard InChI is InChI=1S/C10H5ClF3N.C9H5Cl2N/c11-9-4-1-6-5-7(10(12,13)14)2-3-8(6)15-9;10-6-1-2-7-8(11)3-4-12-9(7)5-6/h1-5H;1-5H. The lowest BCUT2D eigenvalue weighted by Gasteiger charge is -2.07. The van der Waals surface area contributed by atoms with Gasteiger partial charge < -0.3 is 0 Å². The van der Waals surface area contributed by atoms with Crippen LogP contribution in [0.15, 0.2) is 60.8 Å². The van der Waals surface area contributed by atoms with Crippen molar-refractivity contribution < 1.29 is 13.2 Å². The Kier molecular flexibility index (Phi) is 5.75. The predicted octanol–water partition coefficient (Wildman–Crippen LogP) is 7.45. The van der Waals surface area contributed by atoms with Crippen LogP contribution < -0.4 is 0 Å². The molecule has 0 amide bonds. The molecule has 0 fully saturated rings. The molecule has 0 aliphatic rings. The van der Waals surface area contributed by atoms with E-state index in [4.69, 9.17) is 34.8 Å². The van der Waals surface area contributed by atoms with Gasteiger partial charge in [0.2, 0.25) is 0 Å². The molecule has 4 aromatic rings. The molecular weight excluding hydrogens is 420 g/mol. The van der Waals surface area contributed by atoms with E-state index >= 15 is 0 Å². The molecule has 0 saturated heterocycles. The Balaban J connectivity index is 0.000000159. The second-order valence-electron chi connectivity index (χ2n) is 5.49. The van der Waals surface area contributed by atoms with Crippen molar-refractivity contribution in [2.75, 3.05) is 0 Å². The van der Waals surface area contributed by atoms with Crippen LogP contribution in [0.2, 0.25) is 15.2 Å². The van der Waals surface area contributed by atoms with E-state index in [1.807, 2.05) is 6.07 Å². The van der Waals surface area contributed by atoms with Crippen molar-refractivity contribution >= 4 is 56.6 Å². The third-order valence-corrected chi connectivity index (χ3v) is 4.41. The van der Waals surface area contributed by atoms with Gasteiger partial charge in [0.25, 0.3) is 0 Å². The zero-order chi connectivity index (χ0) is 19.6. The molecule has 2 heterocycles. The van der Waals surface area contributed by atoms with Crippen LogP contribution in [0.3, 0.4) is 0 Å². The maximum Gasteiger partial charge on any atom is 0.416 e. The highest BCUT2D eigenvalue weighted by atomic mass is 35.5. The van der Waals surface area contributed by atoms with E-state index in [1.54, 1.807) is 24.4 Å². The van der Waals surface area contributed by atoms with E-state index in [0.29, 0.717) is 20.9 Å². The van der Waals surface area contributed by atoms with Crippen molar-refractivity contribution in [3.8, 4) is 0 Å². The van der Waals surface area contributed by atoms with Crippen LogP contribution in [-0.2, 0) is 6.18 Å². The average Bonchev–Trinajstić information content (AvgIpc) is 2.61. The minimum absolute atomic E-state index is 0.266. The summed E-state index contributed by atoms with van der Waals surface area (Å²) in [7, 11) is 0. The first-order valence-corrected chi connectivity index (χ1v) is 8.71. The number of alkyl halides is 3. The number of hydrogen-bond acceptors (Lipinski definition) is 2. The summed E-state index contributed by atoms with van der Waals surface area (Å²) in [6, 6.07) is 13.6. The van der Waals surface area contributed by atoms with Crippen molar-refractivity contribution in [1.29, 1.82) is 0 Å². The van der Waals surface area contributed by atoms with Crippen molar-refractivity contribution in [2.45, 2.75) is 6.18 Å². The Hall–Kier alpha value is -2.08. The summed E-state index contributed by atoms with van der Waals surface area (Å²) in [5, 5.41) is 3.01. The summed E-state index contributed by atoms with van der Waals surface area (Å²) in [4.78, 5) is 8.03. The maximum atomic E-state index is 12.3. The summed E-state index contributed by atoms with van der Waals surface area (Å²) in [5.41, 5.74) is 0.602. The molecule has 4 rings (SSSR count). The minimum Gasteiger partial charge on any atom is -0.256 e. The number of halogens is 6. The smallest absolute Gasteiger partial charge is 0.256 e. The Morgan fingerprint density at radius 2 is 1.56 bits per heavy atom. The molecule has 2 nitrogen and oxygen atoms in total. The second-order valence-corrected chi connectivity index (χ2v) is 6.72. The second kappa shape index (κ2) is 7.89. The summed E-state index contributed by atoms with van der Waals surface area (Å²) in [6.45, 7) is 0. The quantitative estimate of drug-likeness (QED) is 0.271. The fourth-order valence-corrected chi connectivity index (χ4v) is 2.90. The first-order chi connectivity index (χ1) is 12.7. The van der Waals surface area contributed by atoms with Gasteiger partial charge in [0, 0.05) is 22.0 Å². The Labute approximate surface area is 167 Å². The van der Waals surface area contributed by atoms with Gasteiger partial charge in [0.15, 0.2) is 0 Å². The van der Waals surface area contributed by atoms with Gasteiger partial charge in [-0.3, -0.25) is 4.98 Å². The summed E-state index contributed by atoms with van der Waals surface area (Å²) in [5.74, 6) is 0. The average molecular weight is 430 g/mol. The highest BCUT2D eigenvalue weighted by molar-refractivity contribution is 6.36. The number of benzene rings is 2. The fraction of sp³-hybridized carbons (Fsp3) is 0.0526. The largest absolute Gasteiger partial charge is 0.416 e. The van der Waals surface area contributed by atoms with Crippen LogP contribution in [-0.4, -0.2) is 9.97 Å². The Bertz CT molecular complexity index is 1110. The molecule has 138 valence electrons. The normalized spacial score (nSPS) is 11.3. The van der Waals surface area contributed by atoms with Crippen molar-refractivity contribution in [1.82, 2.24) is 9.97 Å². The Morgan fingerprint density at radius 3 is 2.30 bits per heavy atom. The molecule has 0 atom stereocenters. The summed E-state index contributed by atoms with van der Waals surface area (Å²) < 4.78 is 37.0. The van der Waals surface area contributed by atoms with Gasteiger partial charge in [-0.1, -0.05) is 34.8 Å². The van der Waals surface area contributed by atoms with Gasteiger partial charge in [0.05, 0.1) is 21.6 Å². The van der Waals surface area contributed by atoms with Crippen molar-refractivity contribution in [3.05, 3.63) is 81.6 Å². The molecule has 0 spiro atoms. The lowest BCUT2D eigenvalue weighted by molar-refractivity contribution is -0.137. The van der Waals surface area contributed by atoms with E-state index in [-0.39, 0.29) is 5.15 Å². The van der Waals surface area contributed by atoms with Crippen LogP contribution in [0, 0.1) is 0 Å². The molecular formula is C19H10Cl3F3N2. The Morgan fingerprint density at radius 1 is 0.778 bits per heavy atom. The third kappa shape index (κ3) is 4.80. The van der Waals surface area contributed by atoms with Crippen LogP contribution in [0.4, 0.5) is 13.2 Å². The monoisotopic (exact) mass is 428 g/mol. The number of nitrogens with zero attached hydrogens (tertiary/aromatic N) is 2. The van der Waals surface area contributed by atoms with Gasteiger partial charge in [-0.2, -0.15) is 13.2 Å². The lowest BCUT2D eigenvalue weighted by atomic mass is 10.1. The highest BCUT2D eigenvalue weighted by Crippen LogP contribution is 2.31. The zero-order valence-electron chi connectivity index (χ0n) is 13.4. The van der Waals surface area contributed by atoms with Gasteiger partial charge in [-0.05, 0) is 54.6 Å². The molecule has 0 radical (unpaired) electrons. The molecule has 0 aliphatic heterocycles. The van der Waals surface area contributed by atoms with Crippen molar-refractivity contribution in [3.63, 3.8) is 0 Å². The lowest BCUT2D eigenvalue weighted by Crippen LogP contribution is -2.04. The summed E-state index contributed by atoms with van der Waals surface area (Å²) in [6.07, 6.45) is -2.66. The molecule has 0 aliphatic carbocycles. The molecule has 0 unspecified atom stereocenters. The van der Waals surface area contributed by atoms with E-state index in [1.165, 1.54) is 18.2 Å². The highest BCUT2D eigenvalue weighted by Gasteiger charge is 2.30. The topological polar surface area (TPSA) is 25.8 Å². The minimum atomic E-state index is -4.33. The number of hydrogen-bond donors (Lipinski definition) is 0. The zero-order valence-corrected chi connectivity index (χ0v) is 15.7. The summed E-state index contributed by atoms with van der Waals surface area (Å²) >= 11 is 17.3. The third-order valence-electron chi connectivity index (χ3n) is 3.63. The van der Waals surface area contributed by atoms with E-state index < -0.39 is 11.7 Å². The van der Waals surface area contributed by atoms with Crippen LogP contribution >= 0.6 is 34.8 Å². The number of rotatable bonds is 0. The number of aromatic nitrogens is 2. The first-order valence-electron chi connectivity index (χ1n) is 7.57. The predicted molar refractivity (Wildman–Crippen MR) is 104 cm³/mol. The molecule has 2 aromatic carbocycles. The number of pyridine rings is 2. The molecule has 2 aromatic heterocycles. The van der Waals surface area contributed by atoms with Gasteiger partial charge in [-0.25, -0.2) is 4.98 Å². The molecule has 8 heteroatoms. The van der Waals surface area contributed by atoms with E-state index in [2.05, 4.69) is 9.97 Å². The SMILES string of the molecule is Clc1ccc2c(Cl)ccnc2c1.FC(F)(F)c1ccc2nc(Cl)ccc2c1. The molecule has 0 N–H and O–H groups in total. The van der Waals surface area contributed by atoms with Crippen LogP contribution in [0.25, 0.3) is 21.8 Å². The van der Waals surface area contributed by atoms with E-state index in [9.17, 15) is 13.2 Å². The number of fused-ring (bicyclic) bond motifs is 2. The first kappa shape index (κ1) is 19.7. The van der Waals surface area contributed by atoms with Crippen LogP contribution in [0.1, 0.15) is 5.56 Å². The van der Waals surface area contributed by atoms with Gasteiger partial charge in [0.1, 0.15) is 5.15 Å². The van der Waals surface area contributed by atoms with Crippen molar-refractivity contribution in [2.24, 2.45) is 0 Å². The maximum absolute atomic E-state index is 12.3. The fourth-order valence-electron chi connectivity index (χ4n) is 2.36. The van der Waals surface area contributed by atoms with Gasteiger partial charge in [-0.15, -0.1) is 0 Å². The molecule has 0 bridgehead atoms. The van der Waals surface area contributed by atoms with Crippen LogP contribution in [0.5, 0.6) is 0 Å². The van der Waals surface area contributed by atoms with Gasteiger partial charge >= 0.3 is 6.18 Å². The molecule has 27 heavy (non-hydrogen) atoms.